The molecule has 2 bridgehead atoms. The molecule has 0 spiro atoms. The van der Waals surface area contributed by atoms with E-state index in [1.807, 2.05) is 5.38 Å². The highest BCUT2D eigenvalue weighted by atomic mass is 32.1. The van der Waals surface area contributed by atoms with Crippen molar-refractivity contribution in [2.75, 3.05) is 5.32 Å². The minimum Gasteiger partial charge on any atom is -0.311 e. The molecule has 20 heavy (non-hydrogen) atoms. The zero-order chi connectivity index (χ0) is 14.1. The summed E-state index contributed by atoms with van der Waals surface area (Å²) in [5, 5.41) is 9.36. The molecule has 2 saturated heterocycles. The summed E-state index contributed by atoms with van der Waals surface area (Å²) in [4.78, 5) is 16.6. The molecule has 3 rings (SSSR count). The molecule has 1 aromatic rings. The van der Waals surface area contributed by atoms with Crippen molar-refractivity contribution in [2.45, 2.75) is 64.0 Å². The van der Waals surface area contributed by atoms with Crippen molar-refractivity contribution in [1.82, 2.24) is 10.3 Å². The van der Waals surface area contributed by atoms with Crippen LogP contribution in [0.2, 0.25) is 0 Å². The Morgan fingerprint density at radius 1 is 1.45 bits per heavy atom. The summed E-state index contributed by atoms with van der Waals surface area (Å²) in [6, 6.07) is 1.30. The van der Waals surface area contributed by atoms with Crippen LogP contribution < -0.4 is 10.6 Å². The van der Waals surface area contributed by atoms with Crippen LogP contribution in [0.3, 0.4) is 0 Å². The van der Waals surface area contributed by atoms with E-state index in [2.05, 4.69) is 29.5 Å². The van der Waals surface area contributed by atoms with E-state index in [-0.39, 0.29) is 5.91 Å². The first-order valence-electron chi connectivity index (χ1n) is 7.61. The highest BCUT2D eigenvalue weighted by Crippen LogP contribution is 2.33. The second-order valence-corrected chi connectivity index (χ2v) is 7.32. The average molecular weight is 293 g/mol. The Hall–Kier alpha value is -0.940. The summed E-state index contributed by atoms with van der Waals surface area (Å²) in [5.74, 6) is 1.08. The van der Waals surface area contributed by atoms with E-state index in [4.69, 9.17) is 0 Å². The lowest BCUT2D eigenvalue weighted by Gasteiger charge is -2.28. The fourth-order valence-electron chi connectivity index (χ4n) is 3.38. The van der Waals surface area contributed by atoms with Crippen LogP contribution >= 0.6 is 11.3 Å². The van der Waals surface area contributed by atoms with Gasteiger partial charge in [0, 0.05) is 23.9 Å². The lowest BCUT2D eigenvalue weighted by atomic mass is 9.89. The van der Waals surface area contributed by atoms with Gasteiger partial charge in [-0.25, -0.2) is 4.98 Å². The van der Waals surface area contributed by atoms with E-state index in [9.17, 15) is 4.79 Å². The first kappa shape index (κ1) is 14.0. The van der Waals surface area contributed by atoms with Gasteiger partial charge in [0.15, 0.2) is 5.13 Å². The molecule has 0 radical (unpaired) electrons. The van der Waals surface area contributed by atoms with Gasteiger partial charge in [0.2, 0.25) is 5.91 Å². The Balaban J connectivity index is 1.51. The van der Waals surface area contributed by atoms with Crippen molar-refractivity contribution in [3.8, 4) is 0 Å². The van der Waals surface area contributed by atoms with Crippen molar-refractivity contribution in [3.05, 3.63) is 11.1 Å². The van der Waals surface area contributed by atoms with Gasteiger partial charge in [0.1, 0.15) is 0 Å². The Bertz CT molecular complexity index is 473. The number of rotatable bonds is 4. The molecule has 110 valence electrons. The number of carbonyl (C=O) groups is 1. The second-order valence-electron chi connectivity index (χ2n) is 6.46. The van der Waals surface area contributed by atoms with Crippen LogP contribution in [-0.4, -0.2) is 23.0 Å². The minimum absolute atomic E-state index is 0.126. The zero-order valence-corrected chi connectivity index (χ0v) is 13.0. The molecule has 2 fully saturated rings. The number of nitrogens with one attached hydrogen (secondary N) is 2. The predicted molar refractivity (Wildman–Crippen MR) is 82.1 cm³/mol. The Morgan fingerprint density at radius 3 is 2.75 bits per heavy atom. The van der Waals surface area contributed by atoms with Gasteiger partial charge in [-0.2, -0.15) is 0 Å². The monoisotopic (exact) mass is 293 g/mol. The molecule has 2 unspecified atom stereocenters. The highest BCUT2D eigenvalue weighted by Gasteiger charge is 2.34. The molecule has 4 nitrogen and oxygen atoms in total. The SMILES string of the molecule is CC(C)c1csc(NC(=O)CC2CC3CCC(C2)N3)n1. The Morgan fingerprint density at radius 2 is 2.15 bits per heavy atom. The van der Waals surface area contributed by atoms with Gasteiger partial charge < -0.3 is 10.6 Å². The third-order valence-corrected chi connectivity index (χ3v) is 5.18. The molecule has 1 amide bonds. The smallest absolute Gasteiger partial charge is 0.226 e. The number of amides is 1. The van der Waals surface area contributed by atoms with Crippen molar-refractivity contribution >= 4 is 22.4 Å². The number of anilines is 1. The van der Waals surface area contributed by atoms with Crippen LogP contribution in [0.25, 0.3) is 0 Å². The van der Waals surface area contributed by atoms with Crippen LogP contribution in [0.5, 0.6) is 0 Å². The van der Waals surface area contributed by atoms with E-state index >= 15 is 0 Å². The number of hydrogen-bond donors (Lipinski definition) is 2. The molecule has 0 aromatic carbocycles. The maximum absolute atomic E-state index is 12.1. The van der Waals surface area contributed by atoms with Crippen LogP contribution in [-0.2, 0) is 4.79 Å². The third-order valence-electron chi connectivity index (χ3n) is 4.40. The summed E-state index contributed by atoms with van der Waals surface area (Å²) >= 11 is 1.53. The van der Waals surface area contributed by atoms with Gasteiger partial charge in [-0.3, -0.25) is 4.79 Å². The fourth-order valence-corrected chi connectivity index (χ4v) is 4.27. The van der Waals surface area contributed by atoms with Gasteiger partial charge >= 0.3 is 0 Å². The van der Waals surface area contributed by atoms with Gasteiger partial charge in [-0.15, -0.1) is 11.3 Å². The molecule has 0 saturated carbocycles. The molecule has 2 N–H and O–H groups in total. The summed E-state index contributed by atoms with van der Waals surface area (Å²) in [5.41, 5.74) is 1.06. The van der Waals surface area contributed by atoms with E-state index < -0.39 is 0 Å². The van der Waals surface area contributed by atoms with Crippen LogP contribution in [0.4, 0.5) is 5.13 Å². The highest BCUT2D eigenvalue weighted by molar-refractivity contribution is 7.13. The van der Waals surface area contributed by atoms with E-state index in [1.54, 1.807) is 0 Å². The molecular formula is C15H23N3OS. The van der Waals surface area contributed by atoms with Crippen LogP contribution in [0.15, 0.2) is 5.38 Å². The van der Waals surface area contributed by atoms with E-state index in [0.717, 1.165) is 23.7 Å². The van der Waals surface area contributed by atoms with Gasteiger partial charge in [-0.1, -0.05) is 13.8 Å². The number of thiazole rings is 1. The molecule has 2 atom stereocenters. The number of aromatic nitrogens is 1. The predicted octanol–water partition coefficient (Wildman–Crippen LogP) is 3.13. The molecule has 1 aromatic heterocycles. The number of nitrogens with zero attached hydrogens (tertiary/aromatic N) is 1. The molecular weight excluding hydrogens is 270 g/mol. The van der Waals surface area contributed by atoms with Crippen molar-refractivity contribution in [2.24, 2.45) is 5.92 Å². The minimum atomic E-state index is 0.126. The number of fused-ring (bicyclic) bond motifs is 2. The second kappa shape index (κ2) is 5.82. The van der Waals surface area contributed by atoms with Crippen LogP contribution in [0, 0.1) is 5.92 Å². The maximum atomic E-state index is 12.1. The topological polar surface area (TPSA) is 54.0 Å². The molecule has 2 aliphatic rings. The Kier molecular flexibility index (Phi) is 4.08. The van der Waals surface area contributed by atoms with E-state index in [1.165, 1.54) is 24.2 Å². The molecule has 5 heteroatoms. The quantitative estimate of drug-likeness (QED) is 0.897. The van der Waals surface area contributed by atoms with Crippen molar-refractivity contribution in [1.29, 1.82) is 0 Å². The van der Waals surface area contributed by atoms with Crippen molar-refractivity contribution < 1.29 is 4.79 Å². The third kappa shape index (κ3) is 3.20. The first-order chi connectivity index (χ1) is 9.60. The standard InChI is InChI=1S/C15H23N3OS/c1-9(2)13-8-20-15(17-13)18-14(19)7-10-5-11-3-4-12(6-10)16-11/h8-12,16H,3-7H2,1-2H3,(H,17,18,19). The number of hydrogen-bond acceptors (Lipinski definition) is 4. The molecule has 0 aliphatic carbocycles. The molecule has 2 aliphatic heterocycles. The average Bonchev–Trinajstić information content (AvgIpc) is 2.96. The summed E-state index contributed by atoms with van der Waals surface area (Å²) in [6.45, 7) is 4.23. The number of piperidine rings is 1. The maximum Gasteiger partial charge on any atom is 0.226 e. The van der Waals surface area contributed by atoms with Gasteiger partial charge in [-0.05, 0) is 37.5 Å². The number of carbonyl (C=O) groups excluding carboxylic acids is 1. The summed E-state index contributed by atoms with van der Waals surface area (Å²) < 4.78 is 0. The fraction of sp³-hybridized carbons (Fsp3) is 0.733. The van der Waals surface area contributed by atoms with Crippen molar-refractivity contribution in [3.63, 3.8) is 0 Å². The normalized spacial score (nSPS) is 28.9. The van der Waals surface area contributed by atoms with Crippen LogP contribution in [0.1, 0.15) is 57.6 Å². The first-order valence-corrected chi connectivity index (χ1v) is 8.49. The summed E-state index contributed by atoms with van der Waals surface area (Å²) in [7, 11) is 0. The lowest BCUT2D eigenvalue weighted by Crippen LogP contribution is -2.39. The Labute approximate surface area is 124 Å². The zero-order valence-electron chi connectivity index (χ0n) is 12.2. The lowest BCUT2D eigenvalue weighted by molar-refractivity contribution is -0.117. The largest absolute Gasteiger partial charge is 0.311 e. The van der Waals surface area contributed by atoms with E-state index in [0.29, 0.717) is 30.3 Å². The van der Waals surface area contributed by atoms with Gasteiger partial charge in [0.05, 0.1) is 5.69 Å². The van der Waals surface area contributed by atoms with Gasteiger partial charge in [0.25, 0.3) is 0 Å². The molecule has 3 heterocycles. The summed E-state index contributed by atoms with van der Waals surface area (Å²) in [6.07, 6.45) is 5.52.